The Morgan fingerprint density at radius 1 is 1.30 bits per heavy atom. The number of nitrogens with one attached hydrogen (secondary N) is 1. The molecule has 3 aliphatic rings. The molecule has 0 unspecified atom stereocenters. The summed E-state index contributed by atoms with van der Waals surface area (Å²) >= 11 is 0. The molecule has 0 saturated carbocycles. The van der Waals surface area contributed by atoms with E-state index in [1.807, 2.05) is 4.90 Å². The predicted molar refractivity (Wildman–Crippen MR) is 103 cm³/mol. The van der Waals surface area contributed by atoms with Crippen molar-refractivity contribution in [2.45, 2.75) is 51.5 Å². The maximum absolute atomic E-state index is 13.9. The minimum Gasteiger partial charge on any atom is -0.377 e. The van der Waals surface area contributed by atoms with Crippen molar-refractivity contribution >= 4 is 17.7 Å². The lowest BCUT2D eigenvalue weighted by Gasteiger charge is -2.42. The lowest BCUT2D eigenvalue weighted by atomic mass is 10.0. The first-order valence-electron chi connectivity index (χ1n) is 9.91. The number of amides is 1. The number of ether oxygens (including phenoxy) is 1. The molecule has 1 saturated heterocycles. The summed E-state index contributed by atoms with van der Waals surface area (Å²) in [5.74, 6) is -0.0187. The summed E-state index contributed by atoms with van der Waals surface area (Å²) in [6.07, 6.45) is -4.29. The Morgan fingerprint density at radius 2 is 2.07 bits per heavy atom. The van der Waals surface area contributed by atoms with Gasteiger partial charge >= 0.3 is 6.18 Å². The van der Waals surface area contributed by atoms with Crippen LogP contribution in [0, 0.1) is 0 Å². The van der Waals surface area contributed by atoms with Crippen LogP contribution >= 0.6 is 0 Å². The maximum Gasteiger partial charge on any atom is 0.408 e. The molecule has 0 radical (unpaired) electrons. The van der Waals surface area contributed by atoms with Crippen LogP contribution in [0.3, 0.4) is 0 Å². The first-order valence-corrected chi connectivity index (χ1v) is 9.91. The Kier molecular flexibility index (Phi) is 5.25. The number of aromatic nitrogens is 2. The zero-order valence-corrected chi connectivity index (χ0v) is 16.8. The lowest BCUT2D eigenvalue weighted by Crippen LogP contribution is -2.55. The minimum absolute atomic E-state index is 0.0196. The fraction of sp³-hybridized carbons (Fsp3) is 0.632. The SMILES string of the molecule is CC(=O)N/C1=C(/C)C[C@@H]2COCCN2c2cc(=O)n3c(n2)N(C1)[C@H](C(F)(F)F)CC3. The second-order valence-electron chi connectivity index (χ2n) is 7.94. The highest BCUT2D eigenvalue weighted by Gasteiger charge is 2.47. The molecule has 8 nitrogen and oxygen atoms in total. The van der Waals surface area contributed by atoms with Crippen molar-refractivity contribution < 1.29 is 22.7 Å². The zero-order chi connectivity index (χ0) is 21.6. The number of morpholine rings is 1. The van der Waals surface area contributed by atoms with Crippen molar-refractivity contribution in [1.82, 2.24) is 14.9 Å². The number of hydrogen-bond donors (Lipinski definition) is 1. The highest BCUT2D eigenvalue weighted by Crippen LogP contribution is 2.36. The summed E-state index contributed by atoms with van der Waals surface area (Å²) in [7, 11) is 0. The van der Waals surface area contributed by atoms with Gasteiger partial charge in [-0.15, -0.1) is 0 Å². The number of carbonyl (C=O) groups excluding carboxylic acids is 1. The van der Waals surface area contributed by atoms with E-state index >= 15 is 0 Å². The fourth-order valence-electron chi connectivity index (χ4n) is 4.39. The number of anilines is 2. The normalized spacial score (nSPS) is 26.8. The molecule has 1 N–H and O–H groups in total. The molecule has 0 spiro atoms. The van der Waals surface area contributed by atoms with Gasteiger partial charge in [-0.25, -0.2) is 0 Å². The zero-order valence-electron chi connectivity index (χ0n) is 16.8. The second kappa shape index (κ2) is 7.60. The molecule has 4 heterocycles. The van der Waals surface area contributed by atoms with E-state index in [2.05, 4.69) is 10.3 Å². The molecule has 2 atom stereocenters. The molecule has 0 aliphatic carbocycles. The number of hydrogen-bond acceptors (Lipinski definition) is 6. The Balaban J connectivity index is 1.91. The van der Waals surface area contributed by atoms with Crippen molar-refractivity contribution in [2.75, 3.05) is 36.1 Å². The summed E-state index contributed by atoms with van der Waals surface area (Å²) in [6, 6.07) is -0.536. The molecule has 164 valence electrons. The number of alkyl halides is 3. The lowest BCUT2D eigenvalue weighted by molar-refractivity contribution is -0.152. The van der Waals surface area contributed by atoms with Crippen LogP contribution in [0.1, 0.15) is 26.7 Å². The van der Waals surface area contributed by atoms with Crippen LogP contribution in [0.5, 0.6) is 0 Å². The van der Waals surface area contributed by atoms with Crippen LogP contribution in [0.2, 0.25) is 0 Å². The van der Waals surface area contributed by atoms with Gasteiger partial charge < -0.3 is 19.9 Å². The average molecular weight is 427 g/mol. The standard InChI is InChI=1S/C19H24F3N5O3/c1-11-7-13-10-30-6-5-25(13)16-8-17(29)26-4-3-15(19(20,21)22)27(18(26)24-16)9-14(11)23-12(2)28/h8,13,15H,3-7,9-10H2,1-2H3,(H,23,28)/b14-11-/t13-,15+/m1/s1. The summed E-state index contributed by atoms with van der Waals surface area (Å²) in [5.41, 5.74) is 0.793. The van der Waals surface area contributed by atoms with Gasteiger partial charge in [0.2, 0.25) is 11.9 Å². The van der Waals surface area contributed by atoms with Crippen molar-refractivity contribution in [2.24, 2.45) is 0 Å². The molecule has 11 heteroatoms. The molecule has 1 aromatic heterocycles. The summed E-state index contributed by atoms with van der Waals surface area (Å²) in [5, 5.41) is 2.70. The average Bonchev–Trinajstić information content (AvgIpc) is 2.66. The third-order valence-corrected chi connectivity index (χ3v) is 5.85. The summed E-state index contributed by atoms with van der Waals surface area (Å²) in [4.78, 5) is 32.1. The van der Waals surface area contributed by atoms with E-state index in [1.54, 1.807) is 6.92 Å². The molecule has 0 aromatic carbocycles. The third kappa shape index (κ3) is 3.78. The largest absolute Gasteiger partial charge is 0.408 e. The van der Waals surface area contributed by atoms with Gasteiger partial charge in [-0.2, -0.15) is 18.2 Å². The van der Waals surface area contributed by atoms with Gasteiger partial charge in [-0.3, -0.25) is 14.2 Å². The van der Waals surface area contributed by atoms with E-state index < -0.39 is 12.2 Å². The van der Waals surface area contributed by atoms with Gasteiger partial charge in [-0.05, 0) is 25.3 Å². The van der Waals surface area contributed by atoms with Crippen molar-refractivity contribution in [3.8, 4) is 0 Å². The summed E-state index contributed by atoms with van der Waals surface area (Å²) < 4.78 is 48.5. The van der Waals surface area contributed by atoms with Crippen LogP contribution in [0.15, 0.2) is 22.1 Å². The highest BCUT2D eigenvalue weighted by atomic mass is 19.4. The predicted octanol–water partition coefficient (Wildman–Crippen LogP) is 1.40. The monoisotopic (exact) mass is 427 g/mol. The van der Waals surface area contributed by atoms with Gasteiger partial charge in [0.25, 0.3) is 5.56 Å². The molecule has 1 aromatic rings. The highest BCUT2D eigenvalue weighted by molar-refractivity contribution is 5.75. The Bertz CT molecular complexity index is 942. The second-order valence-corrected chi connectivity index (χ2v) is 7.94. The van der Waals surface area contributed by atoms with Crippen molar-refractivity contribution in [3.63, 3.8) is 0 Å². The number of fused-ring (bicyclic) bond motifs is 3. The molecule has 1 amide bonds. The van der Waals surface area contributed by atoms with Crippen LogP contribution in [0.4, 0.5) is 24.9 Å². The van der Waals surface area contributed by atoms with Crippen molar-refractivity contribution in [1.29, 1.82) is 0 Å². The number of halogens is 3. The van der Waals surface area contributed by atoms with E-state index in [9.17, 15) is 22.8 Å². The van der Waals surface area contributed by atoms with E-state index in [0.717, 1.165) is 10.5 Å². The third-order valence-electron chi connectivity index (χ3n) is 5.85. The quantitative estimate of drug-likeness (QED) is 0.730. The number of rotatable bonds is 1. The first-order chi connectivity index (χ1) is 14.1. The van der Waals surface area contributed by atoms with E-state index in [4.69, 9.17) is 4.74 Å². The van der Waals surface area contributed by atoms with Crippen LogP contribution in [0.25, 0.3) is 0 Å². The van der Waals surface area contributed by atoms with Gasteiger partial charge in [0.05, 0.1) is 25.8 Å². The Labute approximate surface area is 171 Å². The van der Waals surface area contributed by atoms with E-state index in [0.29, 0.717) is 37.7 Å². The van der Waals surface area contributed by atoms with Gasteiger partial charge in [-0.1, -0.05) is 0 Å². The molecule has 3 aliphatic heterocycles. The molecule has 2 bridgehead atoms. The topological polar surface area (TPSA) is 79.7 Å². The van der Waals surface area contributed by atoms with Gasteiger partial charge in [0.1, 0.15) is 11.9 Å². The van der Waals surface area contributed by atoms with Crippen LogP contribution in [-0.4, -0.2) is 60.0 Å². The smallest absolute Gasteiger partial charge is 0.377 e. The number of carbonyl (C=O) groups is 1. The fourth-order valence-corrected chi connectivity index (χ4v) is 4.39. The molecular weight excluding hydrogens is 403 g/mol. The maximum atomic E-state index is 13.9. The molecule has 4 rings (SSSR count). The first kappa shape index (κ1) is 20.7. The summed E-state index contributed by atoms with van der Waals surface area (Å²) in [6.45, 7) is 4.19. The van der Waals surface area contributed by atoms with Gasteiger partial charge in [0.15, 0.2) is 0 Å². The molecule has 30 heavy (non-hydrogen) atoms. The number of nitrogens with zero attached hydrogens (tertiary/aromatic N) is 4. The van der Waals surface area contributed by atoms with Crippen molar-refractivity contribution in [3.05, 3.63) is 27.7 Å². The molecule has 1 fully saturated rings. The Hall–Kier alpha value is -2.56. The minimum atomic E-state index is -4.50. The molecular formula is C19H24F3N5O3. The van der Waals surface area contributed by atoms with E-state index in [-0.39, 0.29) is 43.0 Å². The van der Waals surface area contributed by atoms with Crippen LogP contribution in [-0.2, 0) is 16.1 Å². The Morgan fingerprint density at radius 3 is 2.77 bits per heavy atom. The van der Waals surface area contributed by atoms with Crippen LogP contribution < -0.4 is 20.7 Å². The van der Waals surface area contributed by atoms with Gasteiger partial charge in [0, 0.05) is 31.8 Å². The van der Waals surface area contributed by atoms with E-state index in [1.165, 1.54) is 17.6 Å².